The number of nitrogens with zero attached hydrogens (tertiary/aromatic N) is 5. The maximum atomic E-state index is 14.9. The molecule has 0 bridgehead atoms. The second-order valence-electron chi connectivity index (χ2n) is 8.63. The van der Waals surface area contributed by atoms with Gasteiger partial charge in [0.05, 0.1) is 30.2 Å². The molecule has 202 valence electrons. The predicted octanol–water partition coefficient (Wildman–Crippen LogP) is 3.03. The smallest absolute Gasteiger partial charge is 0.382 e. The number of anilines is 2. The van der Waals surface area contributed by atoms with Crippen LogP contribution >= 0.6 is 0 Å². The molecular weight excluding hydrogens is 523 g/mol. The number of rotatable bonds is 8. The number of halogens is 3. The number of hydrazone groups is 1. The van der Waals surface area contributed by atoms with Gasteiger partial charge < -0.3 is 11.1 Å². The second kappa shape index (κ2) is 10.0. The molecule has 0 unspecified atom stereocenters. The van der Waals surface area contributed by atoms with E-state index in [0.717, 1.165) is 10.6 Å². The molecule has 0 saturated carbocycles. The lowest BCUT2D eigenvalue weighted by molar-refractivity contribution is 0.0944. The van der Waals surface area contributed by atoms with Crippen LogP contribution in [-0.4, -0.2) is 52.7 Å². The normalized spacial score (nSPS) is 14.2. The minimum Gasteiger partial charge on any atom is -0.396 e. The molecule has 1 aliphatic rings. The maximum absolute atomic E-state index is 14.9. The molecule has 3 heterocycles. The topological polar surface area (TPSA) is 125 Å². The number of sulfonamides is 1. The number of fused-ring (bicyclic) bond motifs is 1. The van der Waals surface area contributed by atoms with Gasteiger partial charge in [0.15, 0.2) is 5.65 Å². The summed E-state index contributed by atoms with van der Waals surface area (Å²) in [5.74, 6) is -1.09. The van der Waals surface area contributed by atoms with Crippen molar-refractivity contribution in [1.82, 2.24) is 19.0 Å². The summed E-state index contributed by atoms with van der Waals surface area (Å²) in [5, 5.41) is 3.59. The summed E-state index contributed by atoms with van der Waals surface area (Å²) in [6.45, 7) is 6.06. The Morgan fingerprint density at radius 3 is 2.63 bits per heavy atom. The molecule has 0 radical (unpaired) electrons. The van der Waals surface area contributed by atoms with E-state index in [0.29, 0.717) is 45.4 Å². The molecule has 3 aromatic rings. The second-order valence-corrected chi connectivity index (χ2v) is 10.6. The zero-order valence-corrected chi connectivity index (χ0v) is 21.5. The van der Waals surface area contributed by atoms with Crippen molar-refractivity contribution in [1.29, 1.82) is 0 Å². The summed E-state index contributed by atoms with van der Waals surface area (Å²) in [7, 11) is -5.03. The van der Waals surface area contributed by atoms with Crippen LogP contribution in [-0.2, 0) is 23.0 Å². The third kappa shape index (κ3) is 4.78. The zero-order valence-electron chi connectivity index (χ0n) is 20.7. The van der Waals surface area contributed by atoms with E-state index in [4.69, 9.17) is 5.73 Å². The number of aryl methyl sites for hydroxylation is 2. The third-order valence-electron chi connectivity index (χ3n) is 5.99. The lowest BCUT2D eigenvalue weighted by atomic mass is 10.1. The summed E-state index contributed by atoms with van der Waals surface area (Å²) in [6.07, 6.45) is 3.02. The molecule has 0 aliphatic carbocycles. The van der Waals surface area contributed by atoms with Gasteiger partial charge in [-0.3, -0.25) is 18.5 Å². The number of hydrogen-bond acceptors (Lipinski definition) is 7. The van der Waals surface area contributed by atoms with Crippen LogP contribution in [0.25, 0.3) is 5.65 Å². The number of amides is 1. The maximum Gasteiger partial charge on any atom is 0.382 e. The van der Waals surface area contributed by atoms with Crippen LogP contribution in [0.5, 0.6) is 0 Å². The van der Waals surface area contributed by atoms with Gasteiger partial charge >= 0.3 is 15.3 Å². The summed E-state index contributed by atoms with van der Waals surface area (Å²) >= 11 is 0. The fourth-order valence-corrected chi connectivity index (χ4v) is 5.05. The predicted molar refractivity (Wildman–Crippen MR) is 138 cm³/mol. The average Bonchev–Trinajstić information content (AvgIpc) is 3.26. The number of carbonyl (C=O) groups excluding carboxylic acids is 1. The van der Waals surface area contributed by atoms with Crippen molar-refractivity contribution >= 4 is 39.3 Å². The van der Waals surface area contributed by atoms with Gasteiger partial charge in [-0.1, -0.05) is 19.6 Å². The van der Waals surface area contributed by atoms with Gasteiger partial charge in [-0.25, -0.2) is 9.37 Å². The van der Waals surface area contributed by atoms with Gasteiger partial charge in [-0.2, -0.15) is 22.3 Å². The molecule has 3 N–H and O–H groups in total. The summed E-state index contributed by atoms with van der Waals surface area (Å²) < 4.78 is 68.4. The molecule has 0 saturated heterocycles. The van der Waals surface area contributed by atoms with Gasteiger partial charge in [0.1, 0.15) is 17.8 Å². The highest BCUT2D eigenvalue weighted by Crippen LogP contribution is 2.28. The van der Waals surface area contributed by atoms with E-state index >= 15 is 0 Å². The Morgan fingerprint density at radius 2 is 2.03 bits per heavy atom. The minimum atomic E-state index is -5.03. The number of pyridine rings is 1. The highest BCUT2D eigenvalue weighted by atomic mass is 32.2. The average molecular weight is 550 g/mol. The van der Waals surface area contributed by atoms with Crippen LogP contribution in [0.3, 0.4) is 0 Å². The number of aromatic nitrogens is 2. The van der Waals surface area contributed by atoms with Gasteiger partial charge in [0.2, 0.25) is 0 Å². The highest BCUT2D eigenvalue weighted by Gasteiger charge is 2.46. The van der Waals surface area contributed by atoms with Crippen molar-refractivity contribution in [3.05, 3.63) is 71.4 Å². The van der Waals surface area contributed by atoms with E-state index in [2.05, 4.69) is 22.0 Å². The quantitative estimate of drug-likeness (QED) is 0.416. The Hall–Kier alpha value is -4.07. The Morgan fingerprint density at radius 1 is 1.29 bits per heavy atom. The van der Waals surface area contributed by atoms with E-state index in [9.17, 15) is 26.4 Å². The van der Waals surface area contributed by atoms with Gasteiger partial charge in [-0.05, 0) is 48.7 Å². The number of nitrogens with two attached hydrogens (primary N) is 1. The molecule has 0 spiro atoms. The number of nitrogen functional groups attached to an aromatic ring is 1. The first-order valence-corrected chi connectivity index (χ1v) is 13.0. The lowest BCUT2D eigenvalue weighted by Crippen LogP contribution is -2.47. The number of hydrogen-bond donors (Lipinski definition) is 2. The first-order valence-electron chi connectivity index (χ1n) is 11.6. The van der Waals surface area contributed by atoms with Crippen molar-refractivity contribution in [3.8, 4) is 0 Å². The molecular formula is C24H26F3N7O3S. The van der Waals surface area contributed by atoms with Crippen LogP contribution in [0, 0.1) is 12.7 Å². The van der Waals surface area contributed by atoms with Crippen LogP contribution in [0.15, 0.2) is 48.2 Å². The van der Waals surface area contributed by atoms with Gasteiger partial charge in [0, 0.05) is 12.7 Å². The SMILES string of the molecule is C=CC(F)(F)S(=O)(=O)N1C=NN(c2ccc(CNC(=O)c3c(CC)nc4c(N)cc(C)cn34)cc2F)CC1. The molecule has 0 fully saturated rings. The number of benzene rings is 1. The molecule has 1 aromatic carbocycles. The molecule has 1 amide bonds. The van der Waals surface area contributed by atoms with E-state index in [1.54, 1.807) is 22.7 Å². The van der Waals surface area contributed by atoms with Crippen LogP contribution < -0.4 is 16.1 Å². The molecule has 0 atom stereocenters. The van der Waals surface area contributed by atoms with Crippen molar-refractivity contribution in [2.24, 2.45) is 5.10 Å². The summed E-state index contributed by atoms with van der Waals surface area (Å²) in [6, 6.07) is 5.96. The molecule has 1 aliphatic heterocycles. The van der Waals surface area contributed by atoms with Gasteiger partial charge in [-0.15, -0.1) is 0 Å². The molecule has 14 heteroatoms. The number of imidazole rings is 1. The Balaban J connectivity index is 1.48. The van der Waals surface area contributed by atoms with Crippen LogP contribution in [0.4, 0.5) is 24.5 Å². The van der Waals surface area contributed by atoms with E-state index in [1.807, 2.05) is 13.8 Å². The molecule has 10 nitrogen and oxygen atoms in total. The minimum absolute atomic E-state index is 0.0135. The monoisotopic (exact) mass is 549 g/mol. The largest absolute Gasteiger partial charge is 0.396 e. The third-order valence-corrected chi connectivity index (χ3v) is 7.74. The van der Waals surface area contributed by atoms with Crippen molar-refractivity contribution < 1.29 is 26.4 Å². The Bertz CT molecular complexity index is 1550. The fraction of sp³-hybridized carbons (Fsp3) is 0.292. The first kappa shape index (κ1) is 27.0. The highest BCUT2D eigenvalue weighted by molar-refractivity contribution is 7.90. The Kier molecular flexibility index (Phi) is 7.10. The van der Waals surface area contributed by atoms with Crippen LogP contribution in [0.2, 0.25) is 0 Å². The lowest BCUT2D eigenvalue weighted by Gasteiger charge is -2.31. The van der Waals surface area contributed by atoms with Crippen molar-refractivity contribution in [3.63, 3.8) is 0 Å². The number of carbonyl (C=O) groups is 1. The molecule has 38 heavy (non-hydrogen) atoms. The van der Waals surface area contributed by atoms with Crippen LogP contribution in [0.1, 0.15) is 34.2 Å². The first-order chi connectivity index (χ1) is 17.9. The van der Waals surface area contributed by atoms with Gasteiger partial charge in [0.25, 0.3) is 5.91 Å². The zero-order chi connectivity index (χ0) is 27.8. The van der Waals surface area contributed by atoms with Crippen molar-refractivity contribution in [2.75, 3.05) is 23.8 Å². The molecule has 4 rings (SSSR count). The van der Waals surface area contributed by atoms with E-state index < -0.39 is 27.0 Å². The van der Waals surface area contributed by atoms with E-state index in [-0.39, 0.29) is 31.4 Å². The summed E-state index contributed by atoms with van der Waals surface area (Å²) in [4.78, 5) is 17.5. The van der Waals surface area contributed by atoms with E-state index in [1.165, 1.54) is 12.1 Å². The van der Waals surface area contributed by atoms with Crippen molar-refractivity contribution in [2.45, 2.75) is 32.1 Å². The summed E-state index contributed by atoms with van der Waals surface area (Å²) in [5.41, 5.74) is 9.25. The fourth-order valence-electron chi connectivity index (χ4n) is 4.04. The Labute approximate surface area is 217 Å². The standard InChI is InChI=1S/C24H26F3N7O3S/c1-4-19-21(33-13-15(3)10-18(28)22(33)31-19)23(35)29-12-16-6-7-20(17(25)11-16)34-9-8-32(14-30-34)38(36,37)24(26,27)5-2/h5-7,10-11,13-14H,2,4,8-9,12,28H2,1,3H3,(H,29,35). The molecule has 2 aromatic heterocycles. The number of nitrogens with one attached hydrogen (secondary N) is 1. The number of alkyl halides is 2.